The van der Waals surface area contributed by atoms with Crippen LogP contribution in [-0.4, -0.2) is 5.78 Å². The minimum absolute atomic E-state index is 0.0657. The smallest absolute Gasteiger partial charge is 0.347 e. The average molecular weight is 292 g/mol. The molecule has 0 aliphatic carbocycles. The van der Waals surface area contributed by atoms with Crippen LogP contribution in [0.15, 0.2) is 63.8 Å². The first-order valence-electron chi connectivity index (χ1n) is 7.24. The van der Waals surface area contributed by atoms with Gasteiger partial charge in [0.1, 0.15) is 11.1 Å². The average Bonchev–Trinajstić information content (AvgIpc) is 2.53. The van der Waals surface area contributed by atoms with Crippen molar-refractivity contribution >= 4 is 16.8 Å². The highest BCUT2D eigenvalue weighted by Crippen LogP contribution is 2.18. The van der Waals surface area contributed by atoms with Gasteiger partial charge in [0.05, 0.1) is 0 Å². The topological polar surface area (TPSA) is 47.3 Å². The van der Waals surface area contributed by atoms with E-state index in [0.717, 1.165) is 10.9 Å². The van der Waals surface area contributed by atoms with Crippen molar-refractivity contribution < 1.29 is 9.21 Å². The second kappa shape index (κ2) is 5.60. The second-order valence-electron chi connectivity index (χ2n) is 5.59. The molecule has 0 atom stereocenters. The van der Waals surface area contributed by atoms with Crippen molar-refractivity contribution in [2.24, 2.45) is 0 Å². The molecule has 0 N–H and O–H groups in total. The molecule has 1 aromatic heterocycles. The van der Waals surface area contributed by atoms with Gasteiger partial charge in [0, 0.05) is 10.9 Å². The van der Waals surface area contributed by atoms with E-state index in [0.29, 0.717) is 17.1 Å². The molecule has 0 unspecified atom stereocenters. The van der Waals surface area contributed by atoms with Crippen molar-refractivity contribution in [1.82, 2.24) is 0 Å². The van der Waals surface area contributed by atoms with E-state index in [1.54, 1.807) is 30.3 Å². The van der Waals surface area contributed by atoms with Crippen LogP contribution in [0.2, 0.25) is 0 Å². The van der Waals surface area contributed by atoms with Gasteiger partial charge >= 0.3 is 5.63 Å². The zero-order valence-corrected chi connectivity index (χ0v) is 12.5. The van der Waals surface area contributed by atoms with Crippen LogP contribution in [0.3, 0.4) is 0 Å². The summed E-state index contributed by atoms with van der Waals surface area (Å²) in [5.41, 5.74) is 1.60. The summed E-state index contributed by atoms with van der Waals surface area (Å²) in [7, 11) is 0. The quantitative estimate of drug-likeness (QED) is 0.538. The third kappa shape index (κ3) is 2.58. The lowest BCUT2D eigenvalue weighted by atomic mass is 9.98. The van der Waals surface area contributed by atoms with Gasteiger partial charge in [-0.1, -0.05) is 56.3 Å². The Labute approximate surface area is 128 Å². The Bertz CT molecular complexity index is 886. The molecular weight excluding hydrogens is 276 g/mol. The summed E-state index contributed by atoms with van der Waals surface area (Å²) in [6.07, 6.45) is 0. The van der Waals surface area contributed by atoms with Gasteiger partial charge in [0.25, 0.3) is 0 Å². The van der Waals surface area contributed by atoms with Crippen molar-refractivity contribution in [2.75, 3.05) is 0 Å². The molecule has 3 nitrogen and oxygen atoms in total. The van der Waals surface area contributed by atoms with Crippen molar-refractivity contribution in [2.45, 2.75) is 19.8 Å². The molecule has 3 rings (SSSR count). The van der Waals surface area contributed by atoms with E-state index in [-0.39, 0.29) is 11.3 Å². The summed E-state index contributed by atoms with van der Waals surface area (Å²) < 4.78 is 5.22. The molecule has 2 aromatic carbocycles. The Morgan fingerprint density at radius 3 is 2.36 bits per heavy atom. The fraction of sp³-hybridized carbons (Fsp3) is 0.158. The predicted molar refractivity (Wildman–Crippen MR) is 86.4 cm³/mol. The van der Waals surface area contributed by atoms with Gasteiger partial charge < -0.3 is 4.42 Å². The monoisotopic (exact) mass is 292 g/mol. The van der Waals surface area contributed by atoms with E-state index >= 15 is 0 Å². The van der Waals surface area contributed by atoms with E-state index in [4.69, 9.17) is 4.42 Å². The number of carbonyl (C=O) groups is 1. The molecule has 0 saturated heterocycles. The lowest BCUT2D eigenvalue weighted by Gasteiger charge is -2.06. The van der Waals surface area contributed by atoms with E-state index in [9.17, 15) is 9.59 Å². The van der Waals surface area contributed by atoms with Crippen LogP contribution in [0.4, 0.5) is 0 Å². The first-order valence-corrected chi connectivity index (χ1v) is 7.24. The van der Waals surface area contributed by atoms with Crippen LogP contribution >= 0.6 is 0 Å². The van der Waals surface area contributed by atoms with Gasteiger partial charge in [-0.2, -0.15) is 0 Å². The molecule has 3 aromatic rings. The molecule has 0 aliphatic rings. The third-order valence-corrected chi connectivity index (χ3v) is 3.73. The molecular formula is C19H16O3. The highest BCUT2D eigenvalue weighted by atomic mass is 16.4. The third-order valence-electron chi connectivity index (χ3n) is 3.73. The summed E-state index contributed by atoms with van der Waals surface area (Å²) >= 11 is 0. The van der Waals surface area contributed by atoms with Crippen LogP contribution in [0.5, 0.6) is 0 Å². The maximum atomic E-state index is 12.5. The van der Waals surface area contributed by atoms with Gasteiger partial charge in [-0.05, 0) is 23.6 Å². The molecule has 0 aliphatic heterocycles. The van der Waals surface area contributed by atoms with Crippen molar-refractivity contribution in [3.63, 3.8) is 0 Å². The fourth-order valence-corrected chi connectivity index (χ4v) is 2.40. The summed E-state index contributed by atoms with van der Waals surface area (Å²) in [6, 6.07) is 16.1. The van der Waals surface area contributed by atoms with E-state index < -0.39 is 5.63 Å². The van der Waals surface area contributed by atoms with Crippen molar-refractivity contribution in [1.29, 1.82) is 0 Å². The van der Waals surface area contributed by atoms with Crippen LogP contribution in [0.25, 0.3) is 11.0 Å². The van der Waals surface area contributed by atoms with Crippen molar-refractivity contribution in [3.05, 3.63) is 81.7 Å². The van der Waals surface area contributed by atoms with Crippen LogP contribution < -0.4 is 5.63 Å². The first kappa shape index (κ1) is 14.3. The summed E-state index contributed by atoms with van der Waals surface area (Å²) in [5.74, 6) is 0.0877. The maximum Gasteiger partial charge on any atom is 0.347 e. The van der Waals surface area contributed by atoms with Crippen LogP contribution in [0.1, 0.15) is 41.3 Å². The standard InChI is InChI=1S/C19H16O3/c1-12(2)13-7-9-14(10-8-13)18(20)16-11-15-5-3-4-6-17(15)22-19(16)21/h3-12H,1-2H3. The molecule has 3 heteroatoms. The lowest BCUT2D eigenvalue weighted by Crippen LogP contribution is -2.14. The highest BCUT2D eigenvalue weighted by Gasteiger charge is 2.15. The Hall–Kier alpha value is -2.68. The Morgan fingerprint density at radius 1 is 1.00 bits per heavy atom. The number of ketones is 1. The molecule has 0 amide bonds. The van der Waals surface area contributed by atoms with E-state index in [2.05, 4.69) is 13.8 Å². The zero-order valence-electron chi connectivity index (χ0n) is 12.5. The van der Waals surface area contributed by atoms with Crippen molar-refractivity contribution in [3.8, 4) is 0 Å². The zero-order chi connectivity index (χ0) is 15.7. The number of fused-ring (bicyclic) bond motifs is 1. The number of rotatable bonds is 3. The minimum atomic E-state index is -0.600. The molecule has 0 fully saturated rings. The predicted octanol–water partition coefficient (Wildman–Crippen LogP) is 4.15. The second-order valence-corrected chi connectivity index (χ2v) is 5.59. The SMILES string of the molecule is CC(C)c1ccc(C(=O)c2cc3ccccc3oc2=O)cc1. The Balaban J connectivity index is 2.04. The van der Waals surface area contributed by atoms with Gasteiger partial charge in [-0.15, -0.1) is 0 Å². The Kier molecular flexibility index (Phi) is 3.63. The van der Waals surface area contributed by atoms with Gasteiger partial charge in [0.15, 0.2) is 5.78 Å². The lowest BCUT2D eigenvalue weighted by molar-refractivity contribution is 0.103. The number of hydrogen-bond acceptors (Lipinski definition) is 3. The van der Waals surface area contributed by atoms with E-state index in [1.165, 1.54) is 0 Å². The number of benzene rings is 2. The fourth-order valence-electron chi connectivity index (χ4n) is 2.40. The molecule has 0 bridgehead atoms. The largest absolute Gasteiger partial charge is 0.422 e. The number of hydrogen-bond donors (Lipinski definition) is 0. The molecule has 0 saturated carbocycles. The summed E-state index contributed by atoms with van der Waals surface area (Å²) in [6.45, 7) is 4.18. The van der Waals surface area contributed by atoms with Gasteiger partial charge in [-0.3, -0.25) is 4.79 Å². The summed E-state index contributed by atoms with van der Waals surface area (Å²) in [4.78, 5) is 24.6. The molecule has 1 heterocycles. The van der Waals surface area contributed by atoms with Gasteiger partial charge in [0.2, 0.25) is 0 Å². The molecule has 0 radical (unpaired) electrons. The molecule has 22 heavy (non-hydrogen) atoms. The van der Waals surface area contributed by atoms with Crippen LogP contribution in [-0.2, 0) is 0 Å². The normalized spacial score (nSPS) is 11.0. The van der Waals surface area contributed by atoms with Crippen LogP contribution in [0, 0.1) is 0 Å². The first-order chi connectivity index (χ1) is 10.6. The summed E-state index contributed by atoms with van der Waals surface area (Å²) in [5, 5.41) is 0.740. The highest BCUT2D eigenvalue weighted by molar-refractivity contribution is 6.09. The maximum absolute atomic E-state index is 12.5. The minimum Gasteiger partial charge on any atom is -0.422 e. The Morgan fingerprint density at radius 2 is 1.68 bits per heavy atom. The van der Waals surface area contributed by atoms with E-state index in [1.807, 2.05) is 24.3 Å². The molecule has 0 spiro atoms. The van der Waals surface area contributed by atoms with Gasteiger partial charge in [-0.25, -0.2) is 4.79 Å². The number of carbonyl (C=O) groups excluding carboxylic acids is 1. The molecule has 110 valence electrons. The number of para-hydroxylation sites is 1.